The topological polar surface area (TPSA) is 75.3 Å². The first kappa shape index (κ1) is 10.7. The fourth-order valence-corrected chi connectivity index (χ4v) is 0.999. The summed E-state index contributed by atoms with van der Waals surface area (Å²) in [5.74, 6) is -0.337. The van der Waals surface area contributed by atoms with Crippen LogP contribution in [-0.2, 0) is 11.3 Å². The molecule has 1 aromatic rings. The van der Waals surface area contributed by atoms with Gasteiger partial charge in [-0.3, -0.25) is 4.79 Å². The summed E-state index contributed by atoms with van der Waals surface area (Å²) in [6.45, 7) is 0.105. The van der Waals surface area contributed by atoms with Crippen LogP contribution in [0.1, 0.15) is 5.56 Å². The van der Waals surface area contributed by atoms with Crippen molar-refractivity contribution in [2.75, 3.05) is 6.61 Å². The lowest BCUT2D eigenvalue weighted by molar-refractivity contribution is -0.123. The number of carbonyl (C=O) groups is 1. The Hall–Kier alpha value is -1.39. The number of carbonyl (C=O) groups excluding carboxylic acids is 1. The normalized spacial score (nSPS) is 12.1. The third kappa shape index (κ3) is 3.16. The van der Waals surface area contributed by atoms with E-state index in [4.69, 9.17) is 10.8 Å². The number of benzene rings is 1. The highest BCUT2D eigenvalue weighted by atomic mass is 16.3. The minimum absolute atomic E-state index is 0.333. The van der Waals surface area contributed by atoms with E-state index in [0.717, 1.165) is 5.56 Å². The monoisotopic (exact) mass is 194 g/mol. The van der Waals surface area contributed by atoms with Gasteiger partial charge < -0.3 is 16.2 Å². The molecule has 0 heterocycles. The highest BCUT2D eigenvalue weighted by Crippen LogP contribution is 1.96. The quantitative estimate of drug-likeness (QED) is 0.611. The van der Waals surface area contributed by atoms with E-state index in [1.165, 1.54) is 0 Å². The predicted molar refractivity (Wildman–Crippen MR) is 53.3 cm³/mol. The molecule has 1 unspecified atom stereocenters. The lowest BCUT2D eigenvalue weighted by Gasteiger charge is -2.09. The van der Waals surface area contributed by atoms with Gasteiger partial charge in [0.25, 0.3) is 0 Å². The van der Waals surface area contributed by atoms with E-state index in [1.54, 1.807) is 0 Å². The average molecular weight is 194 g/mol. The first-order valence-electron chi connectivity index (χ1n) is 4.42. The summed E-state index contributed by atoms with van der Waals surface area (Å²) >= 11 is 0. The highest BCUT2D eigenvalue weighted by molar-refractivity contribution is 5.81. The van der Waals surface area contributed by atoms with E-state index < -0.39 is 6.04 Å². The number of aliphatic hydroxyl groups excluding tert-OH is 1. The second-order valence-corrected chi connectivity index (χ2v) is 2.99. The first-order valence-corrected chi connectivity index (χ1v) is 4.42. The molecule has 0 bridgehead atoms. The third-order valence-corrected chi connectivity index (χ3v) is 1.84. The Balaban J connectivity index is 2.38. The van der Waals surface area contributed by atoms with Crippen LogP contribution < -0.4 is 11.1 Å². The van der Waals surface area contributed by atoms with Gasteiger partial charge in [0.15, 0.2) is 0 Å². The van der Waals surface area contributed by atoms with Crippen molar-refractivity contribution in [2.45, 2.75) is 12.6 Å². The van der Waals surface area contributed by atoms with E-state index in [9.17, 15) is 4.79 Å². The van der Waals surface area contributed by atoms with Gasteiger partial charge >= 0.3 is 0 Å². The molecule has 4 N–H and O–H groups in total. The van der Waals surface area contributed by atoms with E-state index >= 15 is 0 Å². The van der Waals surface area contributed by atoms with Crippen molar-refractivity contribution in [3.05, 3.63) is 35.9 Å². The van der Waals surface area contributed by atoms with Crippen LogP contribution in [0.4, 0.5) is 0 Å². The van der Waals surface area contributed by atoms with E-state index in [1.807, 2.05) is 30.3 Å². The molecule has 0 aromatic heterocycles. The molecule has 0 aliphatic rings. The Morgan fingerprint density at radius 3 is 2.64 bits per heavy atom. The van der Waals surface area contributed by atoms with Gasteiger partial charge in [0.1, 0.15) is 6.04 Å². The molecule has 0 aliphatic carbocycles. The zero-order valence-electron chi connectivity index (χ0n) is 7.81. The molecule has 0 saturated carbocycles. The molecule has 0 saturated heterocycles. The zero-order valence-corrected chi connectivity index (χ0v) is 7.81. The molecule has 4 heteroatoms. The van der Waals surface area contributed by atoms with Gasteiger partial charge in [-0.2, -0.15) is 0 Å². The minimum Gasteiger partial charge on any atom is -0.394 e. The van der Waals surface area contributed by atoms with E-state index in [0.29, 0.717) is 6.54 Å². The van der Waals surface area contributed by atoms with Gasteiger partial charge in [0.05, 0.1) is 6.61 Å². The van der Waals surface area contributed by atoms with Crippen molar-refractivity contribution >= 4 is 5.91 Å². The Kier molecular flexibility index (Phi) is 4.10. The molecule has 1 atom stereocenters. The number of rotatable bonds is 4. The molecule has 1 rings (SSSR count). The number of hydrogen-bond donors (Lipinski definition) is 3. The van der Waals surface area contributed by atoms with Crippen molar-refractivity contribution in [2.24, 2.45) is 5.73 Å². The maximum absolute atomic E-state index is 11.2. The first-order chi connectivity index (χ1) is 6.74. The summed E-state index contributed by atoms with van der Waals surface area (Å²) in [6.07, 6.45) is 0. The van der Waals surface area contributed by atoms with Crippen LogP contribution in [-0.4, -0.2) is 23.7 Å². The predicted octanol–water partition coefficient (Wildman–Crippen LogP) is -0.378. The molecule has 14 heavy (non-hydrogen) atoms. The van der Waals surface area contributed by atoms with Crippen molar-refractivity contribution < 1.29 is 9.90 Å². The highest BCUT2D eigenvalue weighted by Gasteiger charge is 2.10. The summed E-state index contributed by atoms with van der Waals surface area (Å²) in [7, 11) is 0. The van der Waals surface area contributed by atoms with Crippen LogP contribution >= 0.6 is 0 Å². The molecule has 0 aliphatic heterocycles. The van der Waals surface area contributed by atoms with Crippen LogP contribution in [0.15, 0.2) is 30.3 Å². The average Bonchev–Trinajstić information content (AvgIpc) is 2.26. The molecule has 0 radical (unpaired) electrons. The Bertz CT molecular complexity index is 287. The van der Waals surface area contributed by atoms with E-state index in [2.05, 4.69) is 5.32 Å². The molecule has 0 fully saturated rings. The summed E-state index contributed by atoms with van der Waals surface area (Å²) in [6, 6.07) is 8.68. The SMILES string of the molecule is NC(CO)C(=O)NCc1ccccc1. The lowest BCUT2D eigenvalue weighted by atomic mass is 10.2. The minimum atomic E-state index is -0.835. The molecule has 1 amide bonds. The third-order valence-electron chi connectivity index (χ3n) is 1.84. The summed E-state index contributed by atoms with van der Waals surface area (Å²) < 4.78 is 0. The number of hydrogen-bond acceptors (Lipinski definition) is 3. The standard InChI is InChI=1S/C10H14N2O2/c11-9(7-13)10(14)12-6-8-4-2-1-3-5-8/h1-5,9,13H,6-7,11H2,(H,12,14). The van der Waals surface area contributed by atoms with Crippen LogP contribution in [0.2, 0.25) is 0 Å². The van der Waals surface area contributed by atoms with Crippen molar-refractivity contribution in [3.8, 4) is 0 Å². The fraction of sp³-hybridized carbons (Fsp3) is 0.300. The second kappa shape index (κ2) is 5.36. The van der Waals surface area contributed by atoms with Crippen molar-refractivity contribution in [1.29, 1.82) is 0 Å². The molecule has 1 aromatic carbocycles. The summed E-state index contributed by atoms with van der Waals surface area (Å²) in [4.78, 5) is 11.2. The smallest absolute Gasteiger partial charge is 0.239 e. The Labute approximate surface area is 82.7 Å². The lowest BCUT2D eigenvalue weighted by Crippen LogP contribution is -2.42. The van der Waals surface area contributed by atoms with Crippen LogP contribution in [0.5, 0.6) is 0 Å². The number of aliphatic hydroxyl groups is 1. The molecular formula is C10H14N2O2. The molecule has 76 valence electrons. The van der Waals surface area contributed by atoms with Crippen LogP contribution in [0.3, 0.4) is 0 Å². The molecular weight excluding hydrogens is 180 g/mol. The molecule has 0 spiro atoms. The zero-order chi connectivity index (χ0) is 10.4. The van der Waals surface area contributed by atoms with Gasteiger partial charge in [-0.15, -0.1) is 0 Å². The summed E-state index contributed by atoms with van der Waals surface area (Å²) in [5, 5.41) is 11.2. The second-order valence-electron chi connectivity index (χ2n) is 2.99. The summed E-state index contributed by atoms with van der Waals surface area (Å²) in [5.41, 5.74) is 6.32. The maximum Gasteiger partial charge on any atom is 0.239 e. The van der Waals surface area contributed by atoms with Gasteiger partial charge in [-0.25, -0.2) is 0 Å². The van der Waals surface area contributed by atoms with Gasteiger partial charge in [0.2, 0.25) is 5.91 Å². The number of nitrogens with one attached hydrogen (secondary N) is 1. The van der Waals surface area contributed by atoms with Gasteiger partial charge in [-0.1, -0.05) is 30.3 Å². The molecule has 4 nitrogen and oxygen atoms in total. The van der Waals surface area contributed by atoms with Crippen molar-refractivity contribution in [3.63, 3.8) is 0 Å². The number of nitrogens with two attached hydrogens (primary N) is 1. The maximum atomic E-state index is 11.2. The van der Waals surface area contributed by atoms with Crippen LogP contribution in [0, 0.1) is 0 Å². The van der Waals surface area contributed by atoms with Crippen LogP contribution in [0.25, 0.3) is 0 Å². The largest absolute Gasteiger partial charge is 0.394 e. The Morgan fingerprint density at radius 1 is 1.43 bits per heavy atom. The fourth-order valence-electron chi connectivity index (χ4n) is 0.999. The number of amides is 1. The van der Waals surface area contributed by atoms with Gasteiger partial charge in [-0.05, 0) is 5.56 Å². The van der Waals surface area contributed by atoms with Gasteiger partial charge in [0, 0.05) is 6.54 Å². The van der Waals surface area contributed by atoms with Crippen molar-refractivity contribution in [1.82, 2.24) is 5.32 Å². The Morgan fingerprint density at radius 2 is 2.07 bits per heavy atom. The van der Waals surface area contributed by atoms with E-state index in [-0.39, 0.29) is 12.5 Å².